The van der Waals surface area contributed by atoms with Crippen molar-refractivity contribution in [3.05, 3.63) is 39.9 Å². The fourth-order valence-corrected chi connectivity index (χ4v) is 3.74. The molecule has 4 rings (SSSR count). The number of hydrogen-bond donors (Lipinski definition) is 1. The number of fused-ring (bicyclic) bond motifs is 3. The molecule has 3 heterocycles. The van der Waals surface area contributed by atoms with Gasteiger partial charge in [-0.2, -0.15) is 5.10 Å². The highest BCUT2D eigenvalue weighted by Crippen LogP contribution is 2.44. The molecule has 162 valence electrons. The van der Waals surface area contributed by atoms with Gasteiger partial charge in [0.1, 0.15) is 18.3 Å². The van der Waals surface area contributed by atoms with Crippen LogP contribution in [0, 0.1) is 10.1 Å². The zero-order valence-electron chi connectivity index (χ0n) is 16.9. The van der Waals surface area contributed by atoms with E-state index in [2.05, 4.69) is 10.5 Å². The van der Waals surface area contributed by atoms with E-state index in [9.17, 15) is 14.9 Å². The molecular weight excluding hydrogens is 398 g/mol. The normalized spacial score (nSPS) is 33.8. The van der Waals surface area contributed by atoms with Crippen LogP contribution in [0.3, 0.4) is 0 Å². The largest absolute Gasteiger partial charge is 0.342 e. The van der Waals surface area contributed by atoms with Crippen LogP contribution in [0.2, 0.25) is 0 Å². The number of nitro groups is 1. The minimum absolute atomic E-state index is 0.0323. The van der Waals surface area contributed by atoms with Gasteiger partial charge in [-0.05, 0) is 45.4 Å². The highest BCUT2D eigenvalue weighted by molar-refractivity contribution is 5.85. The van der Waals surface area contributed by atoms with Crippen LogP contribution >= 0.6 is 0 Å². The molecule has 3 fully saturated rings. The number of hydrogen-bond acceptors (Lipinski definition) is 9. The van der Waals surface area contributed by atoms with Gasteiger partial charge in [-0.15, -0.1) is 0 Å². The fraction of sp³-hybridized carbons (Fsp3) is 0.579. The second-order valence-electron chi connectivity index (χ2n) is 8.17. The van der Waals surface area contributed by atoms with Crippen molar-refractivity contribution in [1.82, 2.24) is 5.43 Å². The van der Waals surface area contributed by atoms with Crippen LogP contribution < -0.4 is 5.43 Å². The monoisotopic (exact) mass is 421 g/mol. The van der Waals surface area contributed by atoms with E-state index in [-0.39, 0.29) is 5.69 Å². The number of non-ortho nitro benzene ring substituents is 1. The first-order valence-corrected chi connectivity index (χ1v) is 9.49. The van der Waals surface area contributed by atoms with Crippen LogP contribution in [0.1, 0.15) is 33.3 Å². The van der Waals surface area contributed by atoms with Gasteiger partial charge in [0.05, 0.1) is 11.1 Å². The van der Waals surface area contributed by atoms with Gasteiger partial charge in [0.2, 0.25) is 0 Å². The van der Waals surface area contributed by atoms with Gasteiger partial charge in [0, 0.05) is 12.1 Å². The Bertz CT molecular complexity index is 869. The summed E-state index contributed by atoms with van der Waals surface area (Å²) < 4.78 is 29.4. The first kappa shape index (κ1) is 20.8. The van der Waals surface area contributed by atoms with Crippen LogP contribution in [0.4, 0.5) is 5.69 Å². The number of amides is 1. The molecule has 1 aromatic rings. The Morgan fingerprint density at radius 2 is 1.63 bits per heavy atom. The molecule has 1 amide bonds. The molecule has 0 spiro atoms. The minimum atomic E-state index is -1.02. The van der Waals surface area contributed by atoms with Crippen LogP contribution in [-0.4, -0.2) is 59.3 Å². The summed E-state index contributed by atoms with van der Waals surface area (Å²) in [7, 11) is 0. The van der Waals surface area contributed by atoms with Gasteiger partial charge in [-0.25, -0.2) is 5.43 Å². The van der Waals surface area contributed by atoms with E-state index in [0.717, 1.165) is 0 Å². The van der Waals surface area contributed by atoms with Gasteiger partial charge < -0.3 is 23.7 Å². The zero-order valence-corrected chi connectivity index (χ0v) is 16.9. The topological polar surface area (TPSA) is 131 Å². The van der Waals surface area contributed by atoms with E-state index in [1.165, 1.54) is 30.5 Å². The maximum atomic E-state index is 12.8. The smallest absolute Gasteiger partial charge is 0.272 e. The van der Waals surface area contributed by atoms with Crippen molar-refractivity contribution >= 4 is 17.8 Å². The summed E-state index contributed by atoms with van der Waals surface area (Å²) >= 11 is 0. The second-order valence-corrected chi connectivity index (χ2v) is 8.17. The summed E-state index contributed by atoms with van der Waals surface area (Å²) in [5, 5.41) is 14.6. The number of carbonyl (C=O) groups excluding carboxylic acids is 1. The van der Waals surface area contributed by atoms with Crippen molar-refractivity contribution < 1.29 is 33.4 Å². The van der Waals surface area contributed by atoms with Crippen LogP contribution in [0.15, 0.2) is 29.4 Å². The van der Waals surface area contributed by atoms with Gasteiger partial charge in [-0.3, -0.25) is 14.9 Å². The average Bonchev–Trinajstić information content (AvgIpc) is 3.15. The molecule has 1 aromatic carbocycles. The Hall–Kier alpha value is -2.44. The molecule has 0 radical (unpaired) electrons. The third-order valence-electron chi connectivity index (χ3n) is 4.91. The zero-order chi connectivity index (χ0) is 21.7. The lowest BCUT2D eigenvalue weighted by Crippen LogP contribution is -2.59. The number of nitro benzene ring substituents is 1. The Labute approximate surface area is 172 Å². The van der Waals surface area contributed by atoms with Crippen molar-refractivity contribution in [2.45, 2.75) is 70.0 Å². The maximum Gasteiger partial charge on any atom is 0.272 e. The lowest BCUT2D eigenvalue weighted by atomic mass is 9.98. The number of nitrogens with zero attached hydrogens (tertiary/aromatic N) is 2. The van der Waals surface area contributed by atoms with E-state index in [4.69, 9.17) is 23.7 Å². The molecule has 1 N–H and O–H groups in total. The van der Waals surface area contributed by atoms with Gasteiger partial charge in [0.15, 0.2) is 24.0 Å². The Balaban J connectivity index is 1.45. The number of nitrogens with one attached hydrogen (secondary N) is 1. The molecule has 0 bridgehead atoms. The third-order valence-corrected chi connectivity index (χ3v) is 4.91. The lowest BCUT2D eigenvalue weighted by Gasteiger charge is -2.36. The van der Waals surface area contributed by atoms with Crippen molar-refractivity contribution in [3.8, 4) is 0 Å². The first-order valence-electron chi connectivity index (χ1n) is 9.49. The highest BCUT2D eigenvalue weighted by atomic mass is 16.9. The Kier molecular flexibility index (Phi) is 5.11. The Morgan fingerprint density at radius 1 is 1.03 bits per heavy atom. The predicted octanol–water partition coefficient (Wildman–Crippen LogP) is 1.44. The summed E-state index contributed by atoms with van der Waals surface area (Å²) in [6, 6.07) is 5.74. The summed E-state index contributed by atoms with van der Waals surface area (Å²) in [4.78, 5) is 23.0. The van der Waals surface area contributed by atoms with Gasteiger partial charge in [-0.1, -0.05) is 0 Å². The van der Waals surface area contributed by atoms with Crippen LogP contribution in [0.25, 0.3) is 0 Å². The molecule has 3 aliphatic rings. The molecule has 5 atom stereocenters. The summed E-state index contributed by atoms with van der Waals surface area (Å²) in [5.41, 5.74) is 2.97. The first-order chi connectivity index (χ1) is 14.0. The van der Waals surface area contributed by atoms with E-state index < -0.39 is 53.1 Å². The highest BCUT2D eigenvalue weighted by Gasteiger charge is 2.62. The standard InChI is InChI=1S/C19H23N3O8/c1-18(2)27-12-13(28-18)15-17(30-19(3,4)29-15)26-14(12)16(23)21-20-9-10-5-7-11(8-6-10)22(24)25/h5-9,12-15,17H,1-4H3,(H,21,23)/b20-9-/t12-,13+,14+,15+,17+/m1/s1. The van der Waals surface area contributed by atoms with E-state index in [0.29, 0.717) is 5.56 Å². The molecule has 0 unspecified atom stereocenters. The van der Waals surface area contributed by atoms with Gasteiger partial charge >= 0.3 is 0 Å². The average molecular weight is 421 g/mol. The summed E-state index contributed by atoms with van der Waals surface area (Å²) in [5.74, 6) is -2.32. The van der Waals surface area contributed by atoms with Gasteiger partial charge in [0.25, 0.3) is 11.6 Å². The number of benzene rings is 1. The lowest BCUT2D eigenvalue weighted by molar-refractivity contribution is -0.384. The van der Waals surface area contributed by atoms with Crippen LogP contribution in [0.5, 0.6) is 0 Å². The molecule has 3 aliphatic heterocycles. The molecule has 3 saturated heterocycles. The SMILES string of the molecule is CC1(C)O[C@@H]2O[C@H](C(=O)N/N=C\c3ccc([N+](=O)[O-])cc3)[C@@H]3OC(C)(C)O[C@@H]3[C@@H]2O1. The molecule has 11 heteroatoms. The minimum Gasteiger partial charge on any atom is -0.342 e. The van der Waals surface area contributed by atoms with Crippen molar-refractivity contribution in [2.75, 3.05) is 0 Å². The van der Waals surface area contributed by atoms with Crippen LogP contribution in [-0.2, 0) is 28.5 Å². The molecule has 30 heavy (non-hydrogen) atoms. The number of ether oxygens (including phenoxy) is 5. The van der Waals surface area contributed by atoms with Crippen molar-refractivity contribution in [2.24, 2.45) is 5.10 Å². The van der Waals surface area contributed by atoms with Crippen molar-refractivity contribution in [1.29, 1.82) is 0 Å². The molecule has 0 saturated carbocycles. The number of carbonyl (C=O) groups is 1. The molecule has 0 aliphatic carbocycles. The molecule has 11 nitrogen and oxygen atoms in total. The van der Waals surface area contributed by atoms with Crippen molar-refractivity contribution in [3.63, 3.8) is 0 Å². The quantitative estimate of drug-likeness (QED) is 0.439. The maximum absolute atomic E-state index is 12.8. The third kappa shape index (κ3) is 4.07. The predicted molar refractivity (Wildman–Crippen MR) is 101 cm³/mol. The fourth-order valence-electron chi connectivity index (χ4n) is 3.74. The Morgan fingerprint density at radius 3 is 2.30 bits per heavy atom. The van der Waals surface area contributed by atoms with E-state index in [1.54, 1.807) is 27.7 Å². The molecule has 0 aromatic heterocycles. The summed E-state index contributed by atoms with van der Waals surface area (Å²) in [6.45, 7) is 7.02. The molecular formula is C19H23N3O8. The second kappa shape index (κ2) is 7.36. The number of rotatable bonds is 4. The number of hydrazone groups is 1. The van der Waals surface area contributed by atoms with E-state index in [1.807, 2.05) is 0 Å². The van der Waals surface area contributed by atoms with E-state index >= 15 is 0 Å². The summed E-state index contributed by atoms with van der Waals surface area (Å²) in [6.07, 6.45) is -2.21.